The van der Waals surface area contributed by atoms with Crippen molar-refractivity contribution in [3.05, 3.63) is 65.5 Å². The average molecular weight is 390 g/mol. The third kappa shape index (κ3) is 4.18. The van der Waals surface area contributed by atoms with Crippen LogP contribution in [-0.2, 0) is 16.1 Å². The van der Waals surface area contributed by atoms with Gasteiger partial charge in [-0.3, -0.25) is 9.59 Å². The first-order valence-electron chi connectivity index (χ1n) is 9.54. The Morgan fingerprint density at radius 1 is 1.21 bits per heavy atom. The number of carbonyl (C=O) groups excluding carboxylic acids is 2. The van der Waals surface area contributed by atoms with Gasteiger partial charge in [-0.25, -0.2) is 0 Å². The van der Waals surface area contributed by atoms with Gasteiger partial charge in [0, 0.05) is 37.7 Å². The molecule has 3 aromatic rings. The normalized spacial score (nSPS) is 16.3. The van der Waals surface area contributed by atoms with Crippen molar-refractivity contribution in [3.63, 3.8) is 0 Å². The fourth-order valence-electron chi connectivity index (χ4n) is 3.40. The van der Waals surface area contributed by atoms with Gasteiger partial charge in [0.05, 0.1) is 5.92 Å². The summed E-state index contributed by atoms with van der Waals surface area (Å²) in [6.45, 7) is 4.56. The molecule has 4 rings (SSSR count). The van der Waals surface area contributed by atoms with Crippen LogP contribution in [0.1, 0.15) is 23.4 Å². The molecular weight excluding hydrogens is 368 g/mol. The fourth-order valence-corrected chi connectivity index (χ4v) is 3.40. The monoisotopic (exact) mass is 390 g/mol. The largest absolute Gasteiger partial charge is 0.352 e. The van der Waals surface area contributed by atoms with Gasteiger partial charge in [0.15, 0.2) is 0 Å². The van der Waals surface area contributed by atoms with Crippen LogP contribution in [0.4, 0.5) is 5.69 Å². The van der Waals surface area contributed by atoms with E-state index < -0.39 is 0 Å². The highest BCUT2D eigenvalue weighted by Gasteiger charge is 2.35. The van der Waals surface area contributed by atoms with Crippen molar-refractivity contribution < 1.29 is 14.1 Å². The van der Waals surface area contributed by atoms with E-state index in [-0.39, 0.29) is 24.2 Å². The van der Waals surface area contributed by atoms with Crippen LogP contribution < -0.4 is 10.2 Å². The van der Waals surface area contributed by atoms with E-state index >= 15 is 0 Å². The minimum absolute atomic E-state index is 0.0677. The Morgan fingerprint density at radius 2 is 2.00 bits per heavy atom. The number of amides is 2. The summed E-state index contributed by atoms with van der Waals surface area (Å²) in [6, 6.07) is 15.4. The van der Waals surface area contributed by atoms with Crippen LogP contribution in [-0.4, -0.2) is 28.5 Å². The predicted octanol–water partition coefficient (Wildman–Crippen LogP) is 3.02. The summed E-state index contributed by atoms with van der Waals surface area (Å²) in [7, 11) is 0. The summed E-state index contributed by atoms with van der Waals surface area (Å²) in [5.74, 6) is 0.411. The molecule has 1 aliphatic heterocycles. The summed E-state index contributed by atoms with van der Waals surface area (Å²) in [6.07, 6.45) is 0.200. The second kappa shape index (κ2) is 7.87. The number of nitrogens with one attached hydrogen (secondary N) is 1. The van der Waals surface area contributed by atoms with Crippen LogP contribution in [0.5, 0.6) is 0 Å². The van der Waals surface area contributed by atoms with Crippen LogP contribution in [0.25, 0.3) is 11.4 Å². The highest BCUT2D eigenvalue weighted by Crippen LogP contribution is 2.28. The quantitative estimate of drug-likeness (QED) is 0.723. The van der Waals surface area contributed by atoms with Gasteiger partial charge in [-0.15, -0.1) is 0 Å². The molecule has 2 amide bonds. The predicted molar refractivity (Wildman–Crippen MR) is 108 cm³/mol. The van der Waals surface area contributed by atoms with Gasteiger partial charge in [0.1, 0.15) is 0 Å². The lowest BCUT2D eigenvalue weighted by Gasteiger charge is -2.17. The molecule has 148 valence electrons. The molecule has 1 saturated heterocycles. The summed E-state index contributed by atoms with van der Waals surface area (Å²) < 4.78 is 5.03. The van der Waals surface area contributed by atoms with Gasteiger partial charge in [0.2, 0.25) is 23.5 Å². The third-order valence-corrected chi connectivity index (χ3v) is 5.03. The zero-order valence-corrected chi connectivity index (χ0v) is 16.4. The standard InChI is InChI=1S/C22H22N4O3/c1-14-6-8-16(9-7-14)12-23-22(28)18-11-20(27)26(13-18)19-5-3-4-17(10-19)21-24-15(2)29-25-21/h3-10,18H,11-13H2,1-2H3,(H,23,28)/t18-/m0/s1. The minimum Gasteiger partial charge on any atom is -0.352 e. The van der Waals surface area contributed by atoms with E-state index in [2.05, 4.69) is 15.5 Å². The number of hydrogen-bond acceptors (Lipinski definition) is 5. The SMILES string of the molecule is Cc1ccc(CNC(=O)[C@H]2CC(=O)N(c3cccc(-c4noc(C)n4)c3)C2)cc1. The zero-order valence-electron chi connectivity index (χ0n) is 16.4. The van der Waals surface area contributed by atoms with E-state index in [4.69, 9.17) is 4.52 Å². The number of aromatic nitrogens is 2. The summed E-state index contributed by atoms with van der Waals surface area (Å²) in [4.78, 5) is 31.0. The van der Waals surface area contributed by atoms with Gasteiger partial charge in [0.25, 0.3) is 0 Å². The number of benzene rings is 2. The topological polar surface area (TPSA) is 88.3 Å². The summed E-state index contributed by atoms with van der Waals surface area (Å²) >= 11 is 0. The van der Waals surface area contributed by atoms with E-state index in [1.54, 1.807) is 11.8 Å². The molecule has 1 fully saturated rings. The number of carbonyl (C=O) groups is 2. The molecule has 0 radical (unpaired) electrons. The number of nitrogens with zero attached hydrogens (tertiary/aromatic N) is 3. The van der Waals surface area contributed by atoms with Crippen molar-refractivity contribution in [1.29, 1.82) is 0 Å². The van der Waals surface area contributed by atoms with Crippen LogP contribution in [0.3, 0.4) is 0 Å². The maximum atomic E-state index is 12.6. The molecule has 1 aromatic heterocycles. The Kier molecular flexibility index (Phi) is 5.12. The highest BCUT2D eigenvalue weighted by atomic mass is 16.5. The Morgan fingerprint density at radius 3 is 2.72 bits per heavy atom. The fraction of sp³-hybridized carbons (Fsp3) is 0.273. The van der Waals surface area contributed by atoms with Crippen molar-refractivity contribution in [2.45, 2.75) is 26.8 Å². The number of anilines is 1. The molecular formula is C22H22N4O3. The third-order valence-electron chi connectivity index (χ3n) is 5.03. The Balaban J connectivity index is 1.42. The molecule has 0 aliphatic carbocycles. The smallest absolute Gasteiger partial charge is 0.227 e. The number of hydrogen-bond donors (Lipinski definition) is 1. The zero-order chi connectivity index (χ0) is 20.4. The molecule has 0 spiro atoms. The Labute approximate surface area is 168 Å². The molecule has 0 saturated carbocycles. The van der Waals surface area contributed by atoms with Crippen LogP contribution in [0.15, 0.2) is 53.1 Å². The number of rotatable bonds is 5. The average Bonchev–Trinajstić information content (AvgIpc) is 3.33. The summed E-state index contributed by atoms with van der Waals surface area (Å²) in [5, 5.41) is 6.86. The first-order valence-corrected chi connectivity index (χ1v) is 9.54. The highest BCUT2D eigenvalue weighted by molar-refractivity contribution is 6.00. The van der Waals surface area contributed by atoms with Gasteiger partial charge in [-0.05, 0) is 24.6 Å². The molecule has 1 aliphatic rings. The second-order valence-corrected chi connectivity index (χ2v) is 7.30. The van der Waals surface area contributed by atoms with Crippen molar-refractivity contribution in [2.24, 2.45) is 5.92 Å². The van der Waals surface area contributed by atoms with Crippen LogP contribution in [0, 0.1) is 19.8 Å². The Hall–Kier alpha value is -3.48. The number of aryl methyl sites for hydroxylation is 2. The Bertz CT molecular complexity index is 1040. The van der Waals surface area contributed by atoms with Crippen molar-refractivity contribution >= 4 is 17.5 Å². The maximum Gasteiger partial charge on any atom is 0.227 e. The molecule has 7 heteroatoms. The molecule has 0 unspecified atom stereocenters. The van der Waals surface area contributed by atoms with Gasteiger partial charge >= 0.3 is 0 Å². The lowest BCUT2D eigenvalue weighted by atomic mass is 10.1. The molecule has 29 heavy (non-hydrogen) atoms. The molecule has 7 nitrogen and oxygen atoms in total. The van der Waals surface area contributed by atoms with Gasteiger partial charge in [-0.1, -0.05) is 47.1 Å². The van der Waals surface area contributed by atoms with Crippen LogP contribution in [0.2, 0.25) is 0 Å². The first-order chi connectivity index (χ1) is 14.0. The van der Waals surface area contributed by atoms with Gasteiger partial charge < -0.3 is 14.7 Å². The minimum atomic E-state index is -0.371. The summed E-state index contributed by atoms with van der Waals surface area (Å²) in [5.41, 5.74) is 3.70. The van der Waals surface area contributed by atoms with Crippen molar-refractivity contribution in [2.75, 3.05) is 11.4 Å². The second-order valence-electron chi connectivity index (χ2n) is 7.30. The van der Waals surface area contributed by atoms with Crippen molar-refractivity contribution in [3.8, 4) is 11.4 Å². The van der Waals surface area contributed by atoms with E-state index in [1.165, 1.54) is 5.56 Å². The molecule has 1 atom stereocenters. The molecule has 2 heterocycles. The first kappa shape index (κ1) is 18.9. The van der Waals surface area contributed by atoms with Gasteiger partial charge in [-0.2, -0.15) is 4.98 Å². The van der Waals surface area contributed by atoms with E-state index in [0.29, 0.717) is 24.8 Å². The van der Waals surface area contributed by atoms with E-state index in [1.807, 2.05) is 55.5 Å². The van der Waals surface area contributed by atoms with Crippen LogP contribution >= 0.6 is 0 Å². The molecule has 2 aromatic carbocycles. The molecule has 0 bridgehead atoms. The van der Waals surface area contributed by atoms with E-state index in [9.17, 15) is 9.59 Å². The maximum absolute atomic E-state index is 12.6. The lowest BCUT2D eigenvalue weighted by Crippen LogP contribution is -2.32. The lowest BCUT2D eigenvalue weighted by molar-refractivity contribution is -0.126. The van der Waals surface area contributed by atoms with Crippen molar-refractivity contribution in [1.82, 2.24) is 15.5 Å². The van der Waals surface area contributed by atoms with E-state index in [0.717, 1.165) is 16.8 Å². The molecule has 1 N–H and O–H groups in total.